The number of nitrogens with one attached hydrogen (secondary N) is 3. The zero-order chi connectivity index (χ0) is 45.3. The first kappa shape index (κ1) is 45.6. The molecule has 3 aliphatic carbocycles. The van der Waals surface area contributed by atoms with E-state index in [1.54, 1.807) is 6.08 Å². The van der Waals surface area contributed by atoms with Crippen LogP contribution in [0.25, 0.3) is 22.3 Å². The highest BCUT2D eigenvalue weighted by molar-refractivity contribution is 7.14. The van der Waals surface area contributed by atoms with Crippen LogP contribution in [0, 0.1) is 23.2 Å². The highest BCUT2D eigenvalue weighted by atomic mass is 32.1. The molecule has 5 aliphatic rings. The molecule has 2 aromatic heterocycles. The highest BCUT2D eigenvalue weighted by Crippen LogP contribution is 2.52. The number of benzene rings is 1. The van der Waals surface area contributed by atoms with E-state index >= 15 is 0 Å². The van der Waals surface area contributed by atoms with Gasteiger partial charge in [0.15, 0.2) is 11.4 Å². The lowest BCUT2D eigenvalue weighted by atomic mass is 9.85. The topological polar surface area (TPSA) is 189 Å². The molecular formula is C47H62N6O10S. The zero-order valence-electron chi connectivity index (χ0n) is 37.7. The molecule has 3 saturated carbocycles. The number of aromatic nitrogens is 2. The third-order valence-corrected chi connectivity index (χ3v) is 13.7. The summed E-state index contributed by atoms with van der Waals surface area (Å²) in [5, 5.41) is 12.5. The largest absolute Gasteiger partial charge is 0.491 e. The van der Waals surface area contributed by atoms with Gasteiger partial charge >= 0.3 is 12.1 Å². The SMILES string of the molecule is C=C[C@@H]1C[C@]1(NC(=O)[C@@H]1C[C@@H](Oc2cc(-c3csc(NC(C)C)n3)nc3cc(OCCOC4CCCCO4)ccc23)CN1C(=O)[C@@H](NC(=O)OC1C[C@@H]2C[C@@H]2C1)C(C)(C)C)C(=O)OC. The summed E-state index contributed by atoms with van der Waals surface area (Å²) in [6, 6.07) is 5.44. The molecular weight excluding hydrogens is 841 g/mol. The number of thiazole rings is 1. The first-order chi connectivity index (χ1) is 30.6. The fourth-order valence-corrected chi connectivity index (χ4v) is 10.1. The first-order valence-corrected chi connectivity index (χ1v) is 23.5. The number of rotatable bonds is 17. The third kappa shape index (κ3) is 10.3. The van der Waals surface area contributed by atoms with Crippen LogP contribution in [-0.2, 0) is 33.3 Å². The van der Waals surface area contributed by atoms with Gasteiger partial charge in [-0.05, 0) is 88.2 Å². The van der Waals surface area contributed by atoms with Crippen LogP contribution >= 0.6 is 11.3 Å². The fraction of sp³-hybridized carbons (Fsp3) is 0.617. The van der Waals surface area contributed by atoms with E-state index in [0.717, 1.165) is 37.2 Å². The summed E-state index contributed by atoms with van der Waals surface area (Å²) in [6.07, 6.45) is 6.08. The third-order valence-electron chi connectivity index (χ3n) is 12.9. The van der Waals surface area contributed by atoms with Gasteiger partial charge < -0.3 is 49.3 Å². The van der Waals surface area contributed by atoms with Crippen molar-refractivity contribution in [3.8, 4) is 22.9 Å². The number of alkyl carbamates (subject to hydrolysis) is 1. The molecule has 5 fully saturated rings. The number of pyridine rings is 1. The Morgan fingerprint density at radius 1 is 1.03 bits per heavy atom. The molecule has 17 heteroatoms. The van der Waals surface area contributed by atoms with Gasteiger partial charge in [-0.1, -0.05) is 26.8 Å². The predicted molar refractivity (Wildman–Crippen MR) is 240 cm³/mol. The number of amides is 3. The van der Waals surface area contributed by atoms with Crippen molar-refractivity contribution in [2.45, 2.75) is 128 Å². The highest BCUT2D eigenvalue weighted by Gasteiger charge is 2.62. The Morgan fingerprint density at radius 2 is 1.83 bits per heavy atom. The van der Waals surface area contributed by atoms with Crippen LogP contribution in [-0.4, -0.2) is 114 Å². The van der Waals surface area contributed by atoms with Crippen LogP contribution in [0.4, 0.5) is 9.93 Å². The minimum atomic E-state index is -1.29. The molecule has 346 valence electrons. The summed E-state index contributed by atoms with van der Waals surface area (Å²) < 4.78 is 35.4. The lowest BCUT2D eigenvalue weighted by molar-refractivity contribution is -0.165. The molecule has 0 spiro atoms. The number of carbonyl (C=O) groups is 4. The first-order valence-electron chi connectivity index (χ1n) is 22.6. The number of hydrogen-bond acceptors (Lipinski definition) is 14. The number of ether oxygens (including phenoxy) is 6. The molecule has 8 rings (SSSR count). The van der Waals surface area contributed by atoms with Gasteiger partial charge in [0.2, 0.25) is 11.8 Å². The predicted octanol–water partition coefficient (Wildman–Crippen LogP) is 6.62. The van der Waals surface area contributed by atoms with Crippen molar-refractivity contribution in [2.24, 2.45) is 23.2 Å². The van der Waals surface area contributed by atoms with E-state index in [1.165, 1.54) is 29.8 Å². The molecule has 3 amide bonds. The van der Waals surface area contributed by atoms with Gasteiger partial charge in [-0.2, -0.15) is 0 Å². The summed E-state index contributed by atoms with van der Waals surface area (Å²) in [7, 11) is 1.27. The van der Waals surface area contributed by atoms with E-state index in [-0.39, 0.29) is 37.3 Å². The molecule has 1 aromatic carbocycles. The van der Waals surface area contributed by atoms with Crippen LogP contribution in [0.5, 0.6) is 11.5 Å². The molecule has 2 aliphatic heterocycles. The number of hydrogen-bond donors (Lipinski definition) is 3. The average molecular weight is 903 g/mol. The standard InChI is InChI=1S/C47H62N6O10S/c1-8-29-23-47(29,43(56)58-7)52-41(54)37-21-32(24-53(37)42(55)40(46(4,5)6)51-45(57)63-31-18-27-17-28(27)19-31)62-38-22-35(36-25-64-44(50-36)48-26(2)3)49-34-20-30(12-13-33(34)38)59-15-16-61-39-11-9-10-14-60-39/h8,12-13,20,22,25-29,31-32,37,39-40H,1,9-11,14-19,21,23-24H2,2-7H3,(H,48,50)(H,51,57)(H,52,54)/t27-,28+,29-,31?,32-,37+,39?,40-,47-/m1/s1. The molecule has 3 N–H and O–H groups in total. The Bertz CT molecular complexity index is 2210. The molecule has 0 radical (unpaired) electrons. The zero-order valence-corrected chi connectivity index (χ0v) is 38.5. The van der Waals surface area contributed by atoms with Crippen LogP contribution in [0.3, 0.4) is 0 Å². The van der Waals surface area contributed by atoms with E-state index in [9.17, 15) is 19.2 Å². The second kappa shape index (κ2) is 18.8. The lowest BCUT2D eigenvalue weighted by Gasteiger charge is -2.35. The number of anilines is 1. The smallest absolute Gasteiger partial charge is 0.408 e. The van der Waals surface area contributed by atoms with Gasteiger partial charge in [0.1, 0.15) is 53.6 Å². The number of esters is 1. The van der Waals surface area contributed by atoms with Gasteiger partial charge in [0.05, 0.1) is 31.5 Å². The van der Waals surface area contributed by atoms with Crippen LogP contribution in [0.1, 0.15) is 86.0 Å². The Hall–Kier alpha value is -5.00. The van der Waals surface area contributed by atoms with E-state index in [1.807, 2.05) is 64.3 Å². The maximum atomic E-state index is 14.9. The monoisotopic (exact) mass is 902 g/mol. The second-order valence-corrected chi connectivity index (χ2v) is 20.1. The number of fused-ring (bicyclic) bond motifs is 2. The Labute approximate surface area is 378 Å². The van der Waals surface area contributed by atoms with E-state index < -0.39 is 53.0 Å². The normalized spacial score (nSPS) is 27.6. The van der Waals surface area contributed by atoms with E-state index in [2.05, 4.69) is 22.5 Å². The lowest BCUT2D eigenvalue weighted by Crippen LogP contribution is -2.59. The Morgan fingerprint density at radius 3 is 2.52 bits per heavy atom. The number of methoxy groups -OCH3 is 1. The van der Waals surface area contributed by atoms with Crippen molar-refractivity contribution in [2.75, 3.05) is 38.8 Å². The van der Waals surface area contributed by atoms with Crippen LogP contribution in [0.15, 0.2) is 42.3 Å². The number of carbonyl (C=O) groups excluding carboxylic acids is 4. The van der Waals surface area contributed by atoms with Gasteiger partial charge in [0.25, 0.3) is 0 Å². The Kier molecular flexibility index (Phi) is 13.4. The van der Waals surface area contributed by atoms with Crippen LogP contribution in [0.2, 0.25) is 0 Å². The van der Waals surface area contributed by atoms with Crippen molar-refractivity contribution in [1.29, 1.82) is 0 Å². The quantitative estimate of drug-likeness (QED) is 0.0746. The van der Waals surface area contributed by atoms with E-state index in [4.69, 9.17) is 38.4 Å². The van der Waals surface area contributed by atoms with Crippen LogP contribution < -0.4 is 25.4 Å². The summed E-state index contributed by atoms with van der Waals surface area (Å²) in [5.41, 5.74) is -0.272. The molecule has 2 unspecified atom stereocenters. The van der Waals surface area contributed by atoms with Gasteiger partial charge in [-0.3, -0.25) is 9.59 Å². The summed E-state index contributed by atoms with van der Waals surface area (Å²) in [6.45, 7) is 14.9. The maximum Gasteiger partial charge on any atom is 0.408 e. The van der Waals surface area contributed by atoms with Gasteiger partial charge in [0, 0.05) is 47.9 Å². The van der Waals surface area contributed by atoms with Crippen molar-refractivity contribution >= 4 is 51.2 Å². The molecule has 64 heavy (non-hydrogen) atoms. The molecule has 0 bridgehead atoms. The summed E-state index contributed by atoms with van der Waals surface area (Å²) in [5.74, 6) is 0.342. The fourth-order valence-electron chi connectivity index (χ4n) is 9.30. The minimum absolute atomic E-state index is 0.00648. The van der Waals surface area contributed by atoms with Crippen molar-refractivity contribution < 1.29 is 47.6 Å². The van der Waals surface area contributed by atoms with Crippen molar-refractivity contribution in [3.63, 3.8) is 0 Å². The maximum absolute atomic E-state index is 14.9. The van der Waals surface area contributed by atoms with Crippen molar-refractivity contribution in [3.05, 3.63) is 42.3 Å². The van der Waals surface area contributed by atoms with Gasteiger partial charge in [-0.15, -0.1) is 17.9 Å². The summed E-state index contributed by atoms with van der Waals surface area (Å²) >= 11 is 1.47. The molecule has 3 aromatic rings. The minimum Gasteiger partial charge on any atom is -0.491 e. The molecule has 9 atom stereocenters. The summed E-state index contributed by atoms with van der Waals surface area (Å²) in [4.78, 5) is 67.0. The number of nitrogens with zero attached hydrogens (tertiary/aromatic N) is 3. The van der Waals surface area contributed by atoms with Crippen molar-refractivity contribution in [1.82, 2.24) is 25.5 Å². The average Bonchev–Trinajstić information content (AvgIpc) is 3.93. The number of likely N-dealkylation sites (tertiary alicyclic amines) is 1. The van der Waals surface area contributed by atoms with E-state index in [0.29, 0.717) is 71.9 Å². The molecule has 2 saturated heterocycles. The Balaban J connectivity index is 1.07. The van der Waals surface area contributed by atoms with Gasteiger partial charge in [-0.25, -0.2) is 19.6 Å². The molecule has 16 nitrogen and oxygen atoms in total. The second-order valence-electron chi connectivity index (χ2n) is 19.2. The molecule has 4 heterocycles.